The minimum absolute atomic E-state index is 0.0548. The molecule has 0 saturated carbocycles. The molecule has 0 fully saturated rings. The lowest BCUT2D eigenvalue weighted by Crippen LogP contribution is -2.51. The number of rotatable bonds is 8. The molecule has 0 aromatic heterocycles. The van der Waals surface area contributed by atoms with Crippen molar-refractivity contribution in [2.24, 2.45) is 5.73 Å². The van der Waals surface area contributed by atoms with E-state index in [0.29, 0.717) is 0 Å². The SMILES string of the molecule is NC(=O)CC[C@H](NC(=O)c1ccccc1)C(=O)N(CC(=O)O)C(=O)O. The van der Waals surface area contributed by atoms with Crippen LogP contribution in [-0.2, 0) is 14.4 Å². The molecule has 4 amide bonds. The van der Waals surface area contributed by atoms with Gasteiger partial charge in [-0.05, 0) is 18.6 Å². The lowest BCUT2D eigenvalue weighted by Gasteiger charge is -2.23. The molecular weight excluding hydrogens is 334 g/mol. The summed E-state index contributed by atoms with van der Waals surface area (Å²) in [4.78, 5) is 57.3. The summed E-state index contributed by atoms with van der Waals surface area (Å²) in [7, 11) is 0. The zero-order valence-corrected chi connectivity index (χ0v) is 13.0. The monoisotopic (exact) mass is 351 g/mol. The Labute approximate surface area is 142 Å². The predicted octanol–water partition coefficient (Wildman–Crippen LogP) is -0.358. The second kappa shape index (κ2) is 9.01. The molecule has 10 nitrogen and oxygen atoms in total. The fraction of sp³-hybridized carbons (Fsp3) is 0.267. The highest BCUT2D eigenvalue weighted by Gasteiger charge is 2.31. The first-order valence-corrected chi connectivity index (χ1v) is 7.12. The molecule has 0 heterocycles. The summed E-state index contributed by atoms with van der Waals surface area (Å²) in [6.07, 6.45) is -2.35. The van der Waals surface area contributed by atoms with Gasteiger partial charge in [-0.1, -0.05) is 18.2 Å². The first-order chi connectivity index (χ1) is 11.7. The number of aliphatic carboxylic acids is 1. The summed E-state index contributed by atoms with van der Waals surface area (Å²) < 4.78 is 0. The molecule has 134 valence electrons. The number of carbonyl (C=O) groups is 5. The quantitative estimate of drug-likeness (QED) is 0.496. The van der Waals surface area contributed by atoms with Gasteiger partial charge in [0.2, 0.25) is 5.91 Å². The van der Waals surface area contributed by atoms with E-state index < -0.39 is 42.4 Å². The number of nitrogens with one attached hydrogen (secondary N) is 1. The molecule has 0 radical (unpaired) electrons. The largest absolute Gasteiger partial charge is 0.480 e. The third kappa shape index (κ3) is 6.29. The van der Waals surface area contributed by atoms with Gasteiger partial charge in [0.1, 0.15) is 12.6 Å². The van der Waals surface area contributed by atoms with Gasteiger partial charge in [0, 0.05) is 12.0 Å². The normalized spacial score (nSPS) is 11.2. The molecule has 1 atom stereocenters. The average Bonchev–Trinajstić information content (AvgIpc) is 2.55. The van der Waals surface area contributed by atoms with E-state index in [1.54, 1.807) is 18.2 Å². The number of carboxylic acids is 1. The molecule has 0 saturated heterocycles. The van der Waals surface area contributed by atoms with Crippen molar-refractivity contribution in [1.29, 1.82) is 0 Å². The number of benzene rings is 1. The smallest absolute Gasteiger partial charge is 0.414 e. The van der Waals surface area contributed by atoms with Crippen LogP contribution in [0.15, 0.2) is 30.3 Å². The lowest BCUT2D eigenvalue weighted by atomic mass is 10.1. The molecule has 5 N–H and O–H groups in total. The third-order valence-electron chi connectivity index (χ3n) is 3.11. The Morgan fingerprint density at radius 2 is 1.68 bits per heavy atom. The van der Waals surface area contributed by atoms with E-state index in [0.717, 1.165) is 0 Å². The van der Waals surface area contributed by atoms with Crippen molar-refractivity contribution in [2.75, 3.05) is 6.54 Å². The highest BCUT2D eigenvalue weighted by Crippen LogP contribution is 2.07. The van der Waals surface area contributed by atoms with Gasteiger partial charge in [0.15, 0.2) is 0 Å². The summed E-state index contributed by atoms with van der Waals surface area (Å²) in [5.41, 5.74) is 5.22. The van der Waals surface area contributed by atoms with Crippen LogP contribution in [0.1, 0.15) is 23.2 Å². The van der Waals surface area contributed by atoms with Gasteiger partial charge >= 0.3 is 12.1 Å². The molecule has 0 aliphatic heterocycles. The lowest BCUT2D eigenvalue weighted by molar-refractivity contribution is -0.143. The van der Waals surface area contributed by atoms with Crippen LogP contribution in [0.4, 0.5) is 4.79 Å². The maximum absolute atomic E-state index is 12.3. The summed E-state index contributed by atoms with van der Waals surface area (Å²) in [6, 6.07) is 6.36. The summed E-state index contributed by atoms with van der Waals surface area (Å²) in [6.45, 7) is -1.09. The van der Waals surface area contributed by atoms with Gasteiger partial charge in [-0.15, -0.1) is 0 Å². The number of nitrogens with two attached hydrogens (primary N) is 1. The Kier molecular flexibility index (Phi) is 7.07. The van der Waals surface area contributed by atoms with Crippen molar-refractivity contribution in [1.82, 2.24) is 10.2 Å². The van der Waals surface area contributed by atoms with E-state index in [2.05, 4.69) is 5.32 Å². The minimum atomic E-state index is -1.79. The van der Waals surface area contributed by atoms with E-state index in [-0.39, 0.29) is 23.3 Å². The Morgan fingerprint density at radius 3 is 2.16 bits per heavy atom. The number of carbonyl (C=O) groups excluding carboxylic acids is 3. The average molecular weight is 351 g/mol. The van der Waals surface area contributed by atoms with Gasteiger partial charge in [0.05, 0.1) is 0 Å². The van der Waals surface area contributed by atoms with E-state index in [4.69, 9.17) is 15.9 Å². The van der Waals surface area contributed by atoms with Crippen molar-refractivity contribution < 1.29 is 34.2 Å². The van der Waals surface area contributed by atoms with E-state index in [1.165, 1.54) is 12.1 Å². The van der Waals surface area contributed by atoms with Crippen molar-refractivity contribution in [3.05, 3.63) is 35.9 Å². The van der Waals surface area contributed by atoms with Gasteiger partial charge in [-0.25, -0.2) is 9.69 Å². The molecule has 1 aromatic carbocycles. The van der Waals surface area contributed by atoms with Gasteiger partial charge in [0.25, 0.3) is 11.8 Å². The van der Waals surface area contributed by atoms with Crippen LogP contribution in [-0.4, -0.2) is 57.5 Å². The number of carboxylic acid groups (broad SMARTS) is 2. The fourth-order valence-electron chi connectivity index (χ4n) is 1.94. The molecular formula is C15H17N3O7. The first-order valence-electron chi connectivity index (χ1n) is 7.12. The van der Waals surface area contributed by atoms with Crippen LogP contribution in [0.25, 0.3) is 0 Å². The zero-order valence-electron chi connectivity index (χ0n) is 13.0. The second-order valence-electron chi connectivity index (χ2n) is 5.00. The number of amides is 4. The number of nitrogens with zero attached hydrogens (tertiary/aromatic N) is 1. The van der Waals surface area contributed by atoms with Crippen LogP contribution < -0.4 is 11.1 Å². The predicted molar refractivity (Wildman–Crippen MR) is 83.5 cm³/mol. The molecule has 0 aliphatic carbocycles. The topological polar surface area (TPSA) is 167 Å². The third-order valence-corrected chi connectivity index (χ3v) is 3.11. The summed E-state index contributed by atoms with van der Waals surface area (Å²) in [5, 5.41) is 20.0. The number of hydrogen-bond acceptors (Lipinski definition) is 5. The fourth-order valence-corrected chi connectivity index (χ4v) is 1.94. The van der Waals surface area contributed by atoms with Crippen LogP contribution in [0.2, 0.25) is 0 Å². The van der Waals surface area contributed by atoms with E-state index in [9.17, 15) is 24.0 Å². The Balaban J connectivity index is 2.99. The van der Waals surface area contributed by atoms with Gasteiger partial charge in [-0.2, -0.15) is 0 Å². The van der Waals surface area contributed by atoms with Crippen molar-refractivity contribution in [3.63, 3.8) is 0 Å². The summed E-state index contributed by atoms with van der Waals surface area (Å²) >= 11 is 0. The first kappa shape index (κ1) is 19.6. The molecule has 0 spiro atoms. The number of hydrogen-bond donors (Lipinski definition) is 4. The van der Waals surface area contributed by atoms with E-state index in [1.807, 2.05) is 0 Å². The summed E-state index contributed by atoms with van der Waals surface area (Å²) in [5.74, 6) is -4.14. The number of imide groups is 1. The van der Waals surface area contributed by atoms with Crippen LogP contribution >= 0.6 is 0 Å². The molecule has 1 rings (SSSR count). The maximum atomic E-state index is 12.3. The Bertz CT molecular complexity index is 675. The van der Waals surface area contributed by atoms with E-state index >= 15 is 0 Å². The highest BCUT2D eigenvalue weighted by molar-refractivity contribution is 6.01. The highest BCUT2D eigenvalue weighted by atomic mass is 16.4. The van der Waals surface area contributed by atoms with Crippen molar-refractivity contribution in [3.8, 4) is 0 Å². The Hall–Kier alpha value is -3.43. The standard InChI is InChI=1S/C15H17N3O7/c16-11(19)7-6-10(14(23)18(15(24)25)8-12(20)21)17-13(22)9-4-2-1-3-5-9/h1-5,10H,6-8H2,(H2,16,19)(H,17,22)(H,20,21)(H,24,25)/t10-/m0/s1. The number of primary amides is 1. The van der Waals surface area contributed by atoms with Crippen LogP contribution in [0.5, 0.6) is 0 Å². The second-order valence-corrected chi connectivity index (χ2v) is 5.00. The zero-order chi connectivity index (χ0) is 19.0. The van der Waals surface area contributed by atoms with Crippen molar-refractivity contribution >= 4 is 29.8 Å². The Morgan fingerprint density at radius 1 is 1.08 bits per heavy atom. The molecule has 0 bridgehead atoms. The molecule has 0 unspecified atom stereocenters. The molecule has 0 aliphatic rings. The van der Waals surface area contributed by atoms with Gasteiger partial charge in [-0.3, -0.25) is 19.2 Å². The maximum Gasteiger partial charge on any atom is 0.414 e. The van der Waals surface area contributed by atoms with Gasteiger partial charge < -0.3 is 21.3 Å². The minimum Gasteiger partial charge on any atom is -0.480 e. The molecule has 1 aromatic rings. The van der Waals surface area contributed by atoms with Crippen molar-refractivity contribution in [2.45, 2.75) is 18.9 Å². The molecule has 10 heteroatoms. The van der Waals surface area contributed by atoms with Crippen LogP contribution in [0.3, 0.4) is 0 Å². The molecule has 25 heavy (non-hydrogen) atoms. The van der Waals surface area contributed by atoms with Crippen LogP contribution in [0, 0.1) is 0 Å².